The Labute approximate surface area is 125 Å². The summed E-state index contributed by atoms with van der Waals surface area (Å²) >= 11 is 0. The Morgan fingerprint density at radius 2 is 2.00 bits per heavy atom. The Morgan fingerprint density at radius 1 is 1.27 bits per heavy atom. The van der Waals surface area contributed by atoms with Crippen molar-refractivity contribution in [2.75, 3.05) is 30.9 Å². The van der Waals surface area contributed by atoms with E-state index in [9.17, 15) is 13.6 Å². The molecule has 1 aromatic heterocycles. The summed E-state index contributed by atoms with van der Waals surface area (Å²) in [5.41, 5.74) is -0.530. The fraction of sp³-hybridized carbons (Fsp3) is 0.214. The highest BCUT2D eigenvalue weighted by Crippen LogP contribution is 2.18. The van der Waals surface area contributed by atoms with Crippen LogP contribution in [0.1, 0.15) is 10.5 Å². The predicted octanol–water partition coefficient (Wildman–Crippen LogP) is 2.07. The predicted molar refractivity (Wildman–Crippen MR) is 76.7 cm³/mol. The molecule has 1 aromatic carbocycles. The Kier molecular flexibility index (Phi) is 5.31. The molecule has 116 valence electrons. The van der Waals surface area contributed by atoms with Crippen LogP contribution in [0.15, 0.2) is 30.5 Å². The lowest BCUT2D eigenvalue weighted by Gasteiger charge is -2.08. The molecule has 0 fully saturated rings. The van der Waals surface area contributed by atoms with Crippen LogP contribution in [0.2, 0.25) is 0 Å². The minimum atomic E-state index is -0.860. The number of halogens is 2. The molecule has 0 aliphatic rings. The molecule has 1 heterocycles. The number of rotatable bonds is 6. The van der Waals surface area contributed by atoms with E-state index < -0.39 is 23.2 Å². The maximum absolute atomic E-state index is 13.5. The van der Waals surface area contributed by atoms with E-state index in [0.717, 1.165) is 12.1 Å². The zero-order valence-corrected chi connectivity index (χ0v) is 11.8. The van der Waals surface area contributed by atoms with Crippen LogP contribution in [0.5, 0.6) is 0 Å². The summed E-state index contributed by atoms with van der Waals surface area (Å²) in [6.45, 7) is 0.906. The van der Waals surface area contributed by atoms with Crippen molar-refractivity contribution in [3.05, 3.63) is 47.8 Å². The molecule has 2 aromatic rings. The topological polar surface area (TPSA) is 76.1 Å². The van der Waals surface area contributed by atoms with E-state index in [4.69, 9.17) is 4.74 Å². The summed E-state index contributed by atoms with van der Waals surface area (Å²) in [5.74, 6) is -2.23. The Balaban J connectivity index is 2.11. The highest BCUT2D eigenvalue weighted by molar-refractivity contribution is 6.03. The fourth-order valence-corrected chi connectivity index (χ4v) is 1.63. The molecule has 2 rings (SSSR count). The molecule has 1 amide bonds. The van der Waals surface area contributed by atoms with Crippen molar-refractivity contribution in [2.45, 2.75) is 0 Å². The van der Waals surface area contributed by atoms with Crippen LogP contribution in [-0.4, -0.2) is 36.1 Å². The number of anilines is 2. The molecule has 6 nitrogen and oxygen atoms in total. The van der Waals surface area contributed by atoms with Gasteiger partial charge in [-0.3, -0.25) is 4.79 Å². The Bertz CT molecular complexity index is 647. The van der Waals surface area contributed by atoms with Crippen LogP contribution in [0.4, 0.5) is 20.4 Å². The zero-order chi connectivity index (χ0) is 15.9. The number of hydrogen-bond acceptors (Lipinski definition) is 5. The maximum Gasteiger partial charge on any atom is 0.274 e. The van der Waals surface area contributed by atoms with Gasteiger partial charge in [0.25, 0.3) is 5.91 Å². The van der Waals surface area contributed by atoms with Gasteiger partial charge in [0.1, 0.15) is 23.0 Å². The standard InChI is InChI=1S/C14H14F2N4O2/c1-22-8-7-18-14-17-6-5-11(19-14)13(21)20-12-9(15)3-2-4-10(12)16/h2-6H,7-8H2,1H3,(H,20,21)(H,17,18,19). The molecular formula is C14H14F2N4O2. The molecule has 0 radical (unpaired) electrons. The van der Waals surface area contributed by atoms with E-state index in [0.29, 0.717) is 13.2 Å². The molecule has 22 heavy (non-hydrogen) atoms. The Hall–Kier alpha value is -2.61. The molecule has 0 aliphatic carbocycles. The number of benzene rings is 1. The molecule has 8 heteroatoms. The second-order valence-corrected chi connectivity index (χ2v) is 4.24. The van der Waals surface area contributed by atoms with Gasteiger partial charge in [0.2, 0.25) is 5.95 Å². The summed E-state index contributed by atoms with van der Waals surface area (Å²) < 4.78 is 31.9. The summed E-state index contributed by atoms with van der Waals surface area (Å²) in [7, 11) is 1.55. The highest BCUT2D eigenvalue weighted by Gasteiger charge is 2.14. The average Bonchev–Trinajstić information content (AvgIpc) is 2.51. The van der Waals surface area contributed by atoms with Crippen LogP contribution in [0, 0.1) is 11.6 Å². The van der Waals surface area contributed by atoms with Crippen LogP contribution < -0.4 is 10.6 Å². The van der Waals surface area contributed by atoms with E-state index in [1.54, 1.807) is 7.11 Å². The third-order valence-electron chi connectivity index (χ3n) is 2.68. The lowest BCUT2D eigenvalue weighted by Crippen LogP contribution is -2.17. The monoisotopic (exact) mass is 308 g/mol. The first kappa shape index (κ1) is 15.8. The first-order valence-electron chi connectivity index (χ1n) is 6.43. The van der Waals surface area contributed by atoms with Gasteiger partial charge in [0.05, 0.1) is 6.61 Å². The van der Waals surface area contributed by atoms with Crippen LogP contribution in [-0.2, 0) is 4.74 Å². The van der Waals surface area contributed by atoms with E-state index in [2.05, 4.69) is 20.6 Å². The lowest BCUT2D eigenvalue weighted by molar-refractivity contribution is 0.102. The van der Waals surface area contributed by atoms with Gasteiger partial charge in [0, 0.05) is 19.9 Å². The van der Waals surface area contributed by atoms with Crippen molar-refractivity contribution < 1.29 is 18.3 Å². The molecule has 0 unspecified atom stereocenters. The lowest BCUT2D eigenvalue weighted by atomic mass is 10.2. The molecule has 2 N–H and O–H groups in total. The van der Waals surface area contributed by atoms with Crippen LogP contribution in [0.3, 0.4) is 0 Å². The number of carbonyl (C=O) groups is 1. The van der Waals surface area contributed by atoms with Gasteiger partial charge >= 0.3 is 0 Å². The Morgan fingerprint density at radius 3 is 2.68 bits per heavy atom. The van der Waals surface area contributed by atoms with Crippen molar-refractivity contribution in [3.8, 4) is 0 Å². The first-order chi connectivity index (χ1) is 10.6. The van der Waals surface area contributed by atoms with Gasteiger partial charge in [-0.2, -0.15) is 0 Å². The molecule has 0 aliphatic heterocycles. The van der Waals surface area contributed by atoms with Crippen LogP contribution >= 0.6 is 0 Å². The number of para-hydroxylation sites is 1. The zero-order valence-electron chi connectivity index (χ0n) is 11.8. The number of hydrogen-bond donors (Lipinski definition) is 2. The van der Waals surface area contributed by atoms with Crippen LogP contribution in [0.25, 0.3) is 0 Å². The van der Waals surface area contributed by atoms with Crippen molar-refractivity contribution in [1.82, 2.24) is 9.97 Å². The molecule has 0 saturated heterocycles. The minimum Gasteiger partial charge on any atom is -0.383 e. The number of aromatic nitrogens is 2. The third kappa shape index (κ3) is 3.95. The largest absolute Gasteiger partial charge is 0.383 e. The maximum atomic E-state index is 13.5. The smallest absolute Gasteiger partial charge is 0.274 e. The van der Waals surface area contributed by atoms with E-state index in [-0.39, 0.29) is 11.6 Å². The SMILES string of the molecule is COCCNc1nccc(C(=O)Nc2c(F)cccc2F)n1. The number of amides is 1. The molecule has 0 spiro atoms. The van der Waals surface area contributed by atoms with E-state index in [1.807, 2.05) is 0 Å². The van der Waals surface area contributed by atoms with Crippen molar-refractivity contribution >= 4 is 17.5 Å². The quantitative estimate of drug-likeness (QED) is 0.799. The highest BCUT2D eigenvalue weighted by atomic mass is 19.1. The van der Waals surface area contributed by atoms with E-state index >= 15 is 0 Å². The number of methoxy groups -OCH3 is 1. The summed E-state index contributed by atoms with van der Waals surface area (Å²) in [5, 5.41) is 5.01. The summed E-state index contributed by atoms with van der Waals surface area (Å²) in [6.07, 6.45) is 1.37. The van der Waals surface area contributed by atoms with Gasteiger partial charge in [-0.05, 0) is 18.2 Å². The van der Waals surface area contributed by atoms with Gasteiger partial charge < -0.3 is 15.4 Å². The molecular weight excluding hydrogens is 294 g/mol. The summed E-state index contributed by atoms with van der Waals surface area (Å²) in [6, 6.07) is 4.66. The van der Waals surface area contributed by atoms with Crippen molar-refractivity contribution in [2.24, 2.45) is 0 Å². The molecule has 0 saturated carbocycles. The first-order valence-corrected chi connectivity index (χ1v) is 6.43. The second-order valence-electron chi connectivity index (χ2n) is 4.24. The normalized spacial score (nSPS) is 10.3. The number of ether oxygens (including phenoxy) is 1. The van der Waals surface area contributed by atoms with Crippen molar-refractivity contribution in [3.63, 3.8) is 0 Å². The molecule has 0 atom stereocenters. The van der Waals surface area contributed by atoms with Gasteiger partial charge in [0.15, 0.2) is 0 Å². The number of nitrogens with zero attached hydrogens (tertiary/aromatic N) is 2. The molecule has 0 bridgehead atoms. The van der Waals surface area contributed by atoms with Gasteiger partial charge in [-0.25, -0.2) is 18.7 Å². The third-order valence-corrected chi connectivity index (χ3v) is 2.68. The minimum absolute atomic E-state index is 0.0161. The van der Waals surface area contributed by atoms with Gasteiger partial charge in [-0.1, -0.05) is 6.07 Å². The van der Waals surface area contributed by atoms with Gasteiger partial charge in [-0.15, -0.1) is 0 Å². The van der Waals surface area contributed by atoms with Crippen molar-refractivity contribution in [1.29, 1.82) is 0 Å². The fourth-order valence-electron chi connectivity index (χ4n) is 1.63. The number of nitrogens with one attached hydrogen (secondary N) is 2. The summed E-state index contributed by atoms with van der Waals surface area (Å²) in [4.78, 5) is 19.9. The average molecular weight is 308 g/mol. The number of carbonyl (C=O) groups excluding carboxylic acids is 1. The second kappa shape index (κ2) is 7.41. The van der Waals surface area contributed by atoms with E-state index in [1.165, 1.54) is 18.3 Å².